The molecule has 0 radical (unpaired) electrons. The van der Waals surface area contributed by atoms with Crippen LogP contribution in [0.15, 0.2) is 29.2 Å². The molecule has 1 heterocycles. The summed E-state index contributed by atoms with van der Waals surface area (Å²) in [5.74, 6) is 2.39. The predicted molar refractivity (Wildman–Crippen MR) is 116 cm³/mol. The Labute approximate surface area is 180 Å². The quantitative estimate of drug-likeness (QED) is 0.771. The van der Waals surface area contributed by atoms with Gasteiger partial charge < -0.3 is 5.32 Å². The third-order valence-electron chi connectivity index (χ3n) is 8.22. The molecule has 4 aliphatic carbocycles. The highest BCUT2D eigenvalue weighted by molar-refractivity contribution is 7.89. The molecule has 1 aromatic rings. The van der Waals surface area contributed by atoms with E-state index >= 15 is 0 Å². The molecule has 5 aliphatic rings. The summed E-state index contributed by atoms with van der Waals surface area (Å²) in [6, 6.07) is 6.94. The van der Waals surface area contributed by atoms with E-state index in [4.69, 9.17) is 0 Å². The van der Waals surface area contributed by atoms with Gasteiger partial charge in [-0.1, -0.05) is 24.1 Å². The lowest BCUT2D eigenvalue weighted by Gasteiger charge is -2.55. The standard InChI is InChI=1S/C24H34N2O3S/c1-17-5-7-22(8-6-17)30(28,29)26-9-3-2-4-21(26)16-25-23(27)24-13-18-10-19(14-24)12-20(11-18)15-24/h5-8,18-21H,2-4,9-16H2,1H3,(H,25,27). The zero-order chi connectivity index (χ0) is 20.9. The van der Waals surface area contributed by atoms with Crippen LogP contribution in [0.3, 0.4) is 0 Å². The molecule has 1 aliphatic heterocycles. The number of carbonyl (C=O) groups excluding carboxylic acids is 1. The van der Waals surface area contributed by atoms with Gasteiger partial charge in [0, 0.05) is 24.5 Å². The number of nitrogens with one attached hydrogen (secondary N) is 1. The Bertz CT molecular complexity index is 874. The van der Waals surface area contributed by atoms with Crippen molar-refractivity contribution in [1.29, 1.82) is 0 Å². The summed E-state index contributed by atoms with van der Waals surface area (Å²) in [5.41, 5.74) is 0.872. The molecule has 0 aromatic heterocycles. The molecule has 0 spiro atoms. The van der Waals surface area contributed by atoms with Crippen LogP contribution in [0.2, 0.25) is 0 Å². The summed E-state index contributed by atoms with van der Waals surface area (Å²) in [7, 11) is -3.54. The number of hydrogen-bond acceptors (Lipinski definition) is 3. The van der Waals surface area contributed by atoms with Crippen molar-refractivity contribution in [2.45, 2.75) is 75.6 Å². The zero-order valence-electron chi connectivity index (χ0n) is 18.0. The molecular formula is C24H34N2O3S. The number of rotatable bonds is 5. The number of hydrogen-bond donors (Lipinski definition) is 1. The van der Waals surface area contributed by atoms with E-state index in [1.807, 2.05) is 19.1 Å². The number of benzene rings is 1. The fourth-order valence-corrected chi connectivity index (χ4v) is 8.82. The molecule has 1 atom stereocenters. The van der Waals surface area contributed by atoms with E-state index in [0.29, 0.717) is 18.0 Å². The van der Waals surface area contributed by atoms with Gasteiger partial charge in [-0.05, 0) is 88.2 Å². The van der Waals surface area contributed by atoms with Crippen LogP contribution in [0.1, 0.15) is 63.4 Å². The number of sulfonamides is 1. The van der Waals surface area contributed by atoms with Gasteiger partial charge in [-0.2, -0.15) is 4.31 Å². The number of aryl methyl sites for hydroxylation is 1. The highest BCUT2D eigenvalue weighted by Gasteiger charge is 2.54. The van der Waals surface area contributed by atoms with Crippen molar-refractivity contribution in [3.05, 3.63) is 29.8 Å². The number of amides is 1. The van der Waals surface area contributed by atoms with E-state index in [1.54, 1.807) is 16.4 Å². The summed E-state index contributed by atoms with van der Waals surface area (Å²) in [4.78, 5) is 13.7. The maximum atomic E-state index is 13.3. The minimum Gasteiger partial charge on any atom is -0.354 e. The Kier molecular flexibility index (Phi) is 5.21. The molecule has 5 nitrogen and oxygen atoms in total. The van der Waals surface area contributed by atoms with Crippen LogP contribution in [-0.4, -0.2) is 37.8 Å². The lowest BCUT2D eigenvalue weighted by molar-refractivity contribution is -0.146. The average molecular weight is 431 g/mol. The fourth-order valence-electron chi connectivity index (χ4n) is 7.13. The molecular weight excluding hydrogens is 396 g/mol. The van der Waals surface area contributed by atoms with Gasteiger partial charge in [0.1, 0.15) is 0 Å². The van der Waals surface area contributed by atoms with E-state index in [9.17, 15) is 13.2 Å². The van der Waals surface area contributed by atoms with Gasteiger partial charge in [-0.15, -0.1) is 0 Å². The van der Waals surface area contributed by atoms with Crippen LogP contribution < -0.4 is 5.32 Å². The van der Waals surface area contributed by atoms with Gasteiger partial charge in [0.05, 0.1) is 4.90 Å². The molecule has 4 bridgehead atoms. The van der Waals surface area contributed by atoms with Crippen LogP contribution in [0.25, 0.3) is 0 Å². The largest absolute Gasteiger partial charge is 0.354 e. The van der Waals surface area contributed by atoms with Crippen LogP contribution in [0.4, 0.5) is 0 Å². The second-order valence-corrected chi connectivity index (χ2v) is 12.4. The Hall–Kier alpha value is -1.40. The molecule has 1 saturated heterocycles. The second kappa shape index (κ2) is 7.63. The van der Waals surface area contributed by atoms with Crippen molar-refractivity contribution in [3.8, 4) is 0 Å². The van der Waals surface area contributed by atoms with Gasteiger partial charge in [-0.25, -0.2) is 8.42 Å². The SMILES string of the molecule is Cc1ccc(S(=O)(=O)N2CCCCC2CNC(=O)C23CC4CC(CC(C4)C2)C3)cc1. The Balaban J connectivity index is 1.29. The Morgan fingerprint density at radius 1 is 1.03 bits per heavy atom. The Morgan fingerprint density at radius 2 is 1.63 bits per heavy atom. The van der Waals surface area contributed by atoms with E-state index in [-0.39, 0.29) is 17.4 Å². The van der Waals surface area contributed by atoms with Crippen molar-refractivity contribution in [2.24, 2.45) is 23.2 Å². The first kappa shape index (κ1) is 20.5. The molecule has 1 unspecified atom stereocenters. The normalized spacial score (nSPS) is 36.0. The lowest BCUT2D eigenvalue weighted by atomic mass is 9.49. The molecule has 1 aromatic carbocycles. The van der Waals surface area contributed by atoms with Crippen molar-refractivity contribution >= 4 is 15.9 Å². The van der Waals surface area contributed by atoms with Crippen molar-refractivity contribution < 1.29 is 13.2 Å². The van der Waals surface area contributed by atoms with Gasteiger partial charge in [-0.3, -0.25) is 4.79 Å². The lowest BCUT2D eigenvalue weighted by Crippen LogP contribution is -2.56. The van der Waals surface area contributed by atoms with Gasteiger partial charge in [0.15, 0.2) is 0 Å². The van der Waals surface area contributed by atoms with E-state index < -0.39 is 10.0 Å². The maximum Gasteiger partial charge on any atom is 0.243 e. The van der Waals surface area contributed by atoms with Crippen LogP contribution in [-0.2, 0) is 14.8 Å². The van der Waals surface area contributed by atoms with Crippen LogP contribution in [0.5, 0.6) is 0 Å². The number of nitrogens with zero attached hydrogens (tertiary/aromatic N) is 1. The highest BCUT2D eigenvalue weighted by atomic mass is 32.2. The topological polar surface area (TPSA) is 66.5 Å². The van der Waals surface area contributed by atoms with Crippen molar-refractivity contribution in [3.63, 3.8) is 0 Å². The van der Waals surface area contributed by atoms with E-state index in [2.05, 4.69) is 5.32 Å². The summed E-state index contributed by atoms with van der Waals surface area (Å²) < 4.78 is 28.2. The van der Waals surface area contributed by atoms with Crippen LogP contribution in [0, 0.1) is 30.1 Å². The summed E-state index contributed by atoms with van der Waals surface area (Å²) in [5, 5.41) is 3.23. The van der Waals surface area contributed by atoms with Gasteiger partial charge in [0.25, 0.3) is 0 Å². The zero-order valence-corrected chi connectivity index (χ0v) is 18.8. The Morgan fingerprint density at radius 3 is 2.23 bits per heavy atom. The van der Waals surface area contributed by atoms with E-state index in [0.717, 1.165) is 61.8 Å². The molecule has 1 amide bonds. The highest BCUT2D eigenvalue weighted by Crippen LogP contribution is 2.60. The minimum atomic E-state index is -3.54. The fraction of sp³-hybridized carbons (Fsp3) is 0.708. The summed E-state index contributed by atoms with van der Waals surface area (Å²) >= 11 is 0. The number of carbonyl (C=O) groups is 1. The smallest absolute Gasteiger partial charge is 0.243 e. The average Bonchev–Trinajstić information content (AvgIpc) is 2.71. The first-order chi connectivity index (χ1) is 14.4. The molecule has 6 rings (SSSR count). The predicted octanol–water partition coefficient (Wildman–Crippen LogP) is 3.87. The van der Waals surface area contributed by atoms with Crippen molar-refractivity contribution in [2.75, 3.05) is 13.1 Å². The molecule has 164 valence electrons. The van der Waals surface area contributed by atoms with Crippen LogP contribution >= 0.6 is 0 Å². The molecule has 1 N–H and O–H groups in total. The third kappa shape index (κ3) is 3.60. The maximum absolute atomic E-state index is 13.3. The molecule has 6 heteroatoms. The second-order valence-electron chi connectivity index (χ2n) is 10.5. The first-order valence-electron chi connectivity index (χ1n) is 11.7. The van der Waals surface area contributed by atoms with Gasteiger partial charge in [0.2, 0.25) is 15.9 Å². The van der Waals surface area contributed by atoms with Gasteiger partial charge >= 0.3 is 0 Å². The summed E-state index contributed by atoms with van der Waals surface area (Å²) in [6.07, 6.45) is 9.78. The monoisotopic (exact) mass is 430 g/mol. The first-order valence-corrected chi connectivity index (χ1v) is 13.2. The third-order valence-corrected chi connectivity index (χ3v) is 10.2. The molecule has 30 heavy (non-hydrogen) atoms. The molecule has 4 saturated carbocycles. The number of piperidine rings is 1. The van der Waals surface area contributed by atoms with E-state index in [1.165, 1.54) is 19.3 Å². The summed E-state index contributed by atoms with van der Waals surface area (Å²) in [6.45, 7) is 2.93. The minimum absolute atomic E-state index is 0.150. The molecule has 5 fully saturated rings. The van der Waals surface area contributed by atoms with Crippen molar-refractivity contribution in [1.82, 2.24) is 9.62 Å².